The maximum atomic E-state index is 12.7. The number of anilines is 1. The highest BCUT2D eigenvalue weighted by Gasteiger charge is 2.20. The molecule has 4 nitrogen and oxygen atoms in total. The van der Waals surface area contributed by atoms with Gasteiger partial charge in [-0.1, -0.05) is 87.3 Å². The summed E-state index contributed by atoms with van der Waals surface area (Å²) in [7, 11) is 0. The normalized spacial score (nSPS) is 11.9. The van der Waals surface area contributed by atoms with Crippen molar-refractivity contribution in [3.05, 3.63) is 88.4 Å². The molecule has 1 unspecified atom stereocenters. The van der Waals surface area contributed by atoms with E-state index in [1.807, 2.05) is 31.2 Å². The van der Waals surface area contributed by atoms with Crippen molar-refractivity contribution >= 4 is 39.3 Å². The van der Waals surface area contributed by atoms with Gasteiger partial charge in [-0.05, 0) is 45.0 Å². The standard InChI is InChI=1S/C26H24BrN3OS/c1-16-4-8-19(9-5-16)23-24(20-10-6-17(2)7-11-20)30-26(29-23)32-18(3)25(31)28-22-14-12-21(27)13-15-22/h4-15,18H,1-3H3,(H,28,31)(H,29,30). The molecule has 0 bridgehead atoms. The van der Waals surface area contributed by atoms with E-state index in [2.05, 4.69) is 88.6 Å². The van der Waals surface area contributed by atoms with Gasteiger partial charge in [0.2, 0.25) is 5.91 Å². The second kappa shape index (κ2) is 9.76. The molecule has 0 fully saturated rings. The highest BCUT2D eigenvalue weighted by molar-refractivity contribution is 9.10. The predicted octanol–water partition coefficient (Wildman–Crippen LogP) is 7.24. The van der Waals surface area contributed by atoms with Gasteiger partial charge in [-0.3, -0.25) is 4.79 Å². The van der Waals surface area contributed by atoms with Crippen molar-refractivity contribution in [1.29, 1.82) is 0 Å². The van der Waals surface area contributed by atoms with Crippen molar-refractivity contribution in [2.24, 2.45) is 0 Å². The molecule has 1 amide bonds. The van der Waals surface area contributed by atoms with E-state index in [0.717, 1.165) is 37.8 Å². The van der Waals surface area contributed by atoms with Crippen LogP contribution in [0.25, 0.3) is 22.5 Å². The molecular formula is C26H24BrN3OS. The number of rotatable bonds is 6. The Bertz CT molecular complexity index is 1150. The van der Waals surface area contributed by atoms with E-state index in [1.165, 1.54) is 22.9 Å². The van der Waals surface area contributed by atoms with Gasteiger partial charge in [-0.25, -0.2) is 4.98 Å². The number of H-pyrrole nitrogens is 1. The molecule has 3 aromatic carbocycles. The van der Waals surface area contributed by atoms with Gasteiger partial charge in [-0.15, -0.1) is 0 Å². The summed E-state index contributed by atoms with van der Waals surface area (Å²) in [6.07, 6.45) is 0. The van der Waals surface area contributed by atoms with E-state index in [-0.39, 0.29) is 11.2 Å². The monoisotopic (exact) mass is 505 g/mol. The van der Waals surface area contributed by atoms with Crippen molar-refractivity contribution in [1.82, 2.24) is 9.97 Å². The molecule has 0 saturated carbocycles. The average molecular weight is 506 g/mol. The van der Waals surface area contributed by atoms with Crippen molar-refractivity contribution in [3.63, 3.8) is 0 Å². The zero-order chi connectivity index (χ0) is 22.7. The molecule has 162 valence electrons. The minimum Gasteiger partial charge on any atom is -0.332 e. The van der Waals surface area contributed by atoms with Gasteiger partial charge in [0, 0.05) is 21.3 Å². The van der Waals surface area contributed by atoms with Gasteiger partial charge >= 0.3 is 0 Å². The summed E-state index contributed by atoms with van der Waals surface area (Å²) in [5.41, 5.74) is 7.13. The number of nitrogens with zero attached hydrogens (tertiary/aromatic N) is 1. The van der Waals surface area contributed by atoms with Crippen LogP contribution >= 0.6 is 27.7 Å². The van der Waals surface area contributed by atoms with E-state index in [0.29, 0.717) is 0 Å². The lowest BCUT2D eigenvalue weighted by atomic mass is 10.0. The highest BCUT2D eigenvalue weighted by Crippen LogP contribution is 2.34. The lowest BCUT2D eigenvalue weighted by molar-refractivity contribution is -0.115. The SMILES string of the molecule is Cc1ccc(-c2nc(SC(C)C(=O)Nc3ccc(Br)cc3)[nH]c2-c2ccc(C)cc2)cc1. The van der Waals surface area contributed by atoms with E-state index in [9.17, 15) is 4.79 Å². The molecule has 0 spiro atoms. The average Bonchev–Trinajstić information content (AvgIpc) is 3.20. The highest BCUT2D eigenvalue weighted by atomic mass is 79.9. The lowest BCUT2D eigenvalue weighted by Gasteiger charge is -2.10. The van der Waals surface area contributed by atoms with Crippen molar-refractivity contribution in [2.75, 3.05) is 5.32 Å². The summed E-state index contributed by atoms with van der Waals surface area (Å²) in [4.78, 5) is 21.0. The Morgan fingerprint density at radius 1 is 0.906 bits per heavy atom. The van der Waals surface area contributed by atoms with Crippen LogP contribution in [0.2, 0.25) is 0 Å². The predicted molar refractivity (Wildman–Crippen MR) is 137 cm³/mol. The molecular weight excluding hydrogens is 482 g/mol. The maximum Gasteiger partial charge on any atom is 0.237 e. The molecule has 6 heteroatoms. The summed E-state index contributed by atoms with van der Waals surface area (Å²) in [5.74, 6) is -0.0671. The molecule has 0 aliphatic rings. The first kappa shape index (κ1) is 22.4. The van der Waals surface area contributed by atoms with Crippen LogP contribution in [0.1, 0.15) is 18.1 Å². The minimum absolute atomic E-state index is 0.0671. The third-order valence-corrected chi connectivity index (χ3v) is 6.63. The second-order valence-corrected chi connectivity index (χ2v) is 10.00. The van der Waals surface area contributed by atoms with Crippen molar-refractivity contribution < 1.29 is 4.79 Å². The van der Waals surface area contributed by atoms with Crippen LogP contribution in [-0.4, -0.2) is 21.1 Å². The Kier molecular flexibility index (Phi) is 6.82. The quantitative estimate of drug-likeness (QED) is 0.271. The topological polar surface area (TPSA) is 57.8 Å². The van der Waals surface area contributed by atoms with Crippen LogP contribution in [0.4, 0.5) is 5.69 Å². The fourth-order valence-electron chi connectivity index (χ4n) is 3.25. The van der Waals surface area contributed by atoms with Crippen LogP contribution in [0.5, 0.6) is 0 Å². The number of hydrogen-bond donors (Lipinski definition) is 2. The number of nitrogens with one attached hydrogen (secondary N) is 2. The van der Waals surface area contributed by atoms with Gasteiger partial charge in [0.05, 0.1) is 16.6 Å². The number of carbonyl (C=O) groups is 1. The first-order chi connectivity index (χ1) is 15.4. The minimum atomic E-state index is -0.318. The Balaban J connectivity index is 1.60. The number of imidazole rings is 1. The number of thioether (sulfide) groups is 1. The summed E-state index contributed by atoms with van der Waals surface area (Å²) < 4.78 is 0.973. The first-order valence-corrected chi connectivity index (χ1v) is 12.0. The molecule has 0 radical (unpaired) electrons. The molecule has 0 aliphatic carbocycles. The zero-order valence-corrected chi connectivity index (χ0v) is 20.5. The zero-order valence-electron chi connectivity index (χ0n) is 18.1. The Labute approximate surface area is 201 Å². The van der Waals surface area contributed by atoms with Crippen LogP contribution in [0.15, 0.2) is 82.4 Å². The maximum absolute atomic E-state index is 12.7. The van der Waals surface area contributed by atoms with E-state index >= 15 is 0 Å². The Hall–Kier alpha value is -2.83. The van der Waals surface area contributed by atoms with Gasteiger partial charge in [-0.2, -0.15) is 0 Å². The molecule has 0 saturated heterocycles. The molecule has 0 aliphatic heterocycles. The third-order valence-electron chi connectivity index (χ3n) is 5.12. The second-order valence-electron chi connectivity index (χ2n) is 7.75. The van der Waals surface area contributed by atoms with Gasteiger partial charge < -0.3 is 10.3 Å². The molecule has 4 rings (SSSR count). The third kappa shape index (κ3) is 5.31. The molecule has 4 aromatic rings. The molecule has 2 N–H and O–H groups in total. The Morgan fingerprint density at radius 2 is 1.47 bits per heavy atom. The summed E-state index contributed by atoms with van der Waals surface area (Å²) in [5, 5.41) is 3.36. The number of halogens is 1. The number of aromatic nitrogens is 2. The van der Waals surface area contributed by atoms with E-state index < -0.39 is 0 Å². The molecule has 32 heavy (non-hydrogen) atoms. The van der Waals surface area contributed by atoms with Crippen molar-refractivity contribution in [3.8, 4) is 22.5 Å². The summed E-state index contributed by atoms with van der Waals surface area (Å²) in [6.45, 7) is 6.03. The number of amides is 1. The first-order valence-electron chi connectivity index (χ1n) is 10.4. The fourth-order valence-corrected chi connectivity index (χ4v) is 4.33. The number of aryl methyl sites for hydroxylation is 2. The molecule has 1 atom stereocenters. The van der Waals surface area contributed by atoms with Crippen molar-refractivity contribution in [2.45, 2.75) is 31.2 Å². The fraction of sp³-hybridized carbons (Fsp3) is 0.154. The van der Waals surface area contributed by atoms with E-state index in [1.54, 1.807) is 0 Å². The molecule has 1 heterocycles. The smallest absolute Gasteiger partial charge is 0.237 e. The summed E-state index contributed by atoms with van der Waals surface area (Å²) >= 11 is 4.83. The number of aromatic amines is 1. The van der Waals surface area contributed by atoms with Crippen LogP contribution in [0, 0.1) is 13.8 Å². The lowest BCUT2D eigenvalue weighted by Crippen LogP contribution is -2.22. The number of carbonyl (C=O) groups excluding carboxylic acids is 1. The van der Waals surface area contributed by atoms with Crippen LogP contribution in [-0.2, 0) is 4.79 Å². The van der Waals surface area contributed by atoms with E-state index in [4.69, 9.17) is 4.98 Å². The van der Waals surface area contributed by atoms with Gasteiger partial charge in [0.15, 0.2) is 5.16 Å². The number of hydrogen-bond acceptors (Lipinski definition) is 3. The Morgan fingerprint density at radius 3 is 2.06 bits per heavy atom. The van der Waals surface area contributed by atoms with Gasteiger partial charge in [0.25, 0.3) is 0 Å². The van der Waals surface area contributed by atoms with Crippen LogP contribution < -0.4 is 5.32 Å². The van der Waals surface area contributed by atoms with Gasteiger partial charge in [0.1, 0.15) is 0 Å². The molecule has 1 aromatic heterocycles. The van der Waals surface area contributed by atoms with Crippen LogP contribution in [0.3, 0.4) is 0 Å². The largest absolute Gasteiger partial charge is 0.332 e. The summed E-state index contributed by atoms with van der Waals surface area (Å²) in [6, 6.07) is 24.3. The number of benzene rings is 3.